The van der Waals surface area contributed by atoms with E-state index in [2.05, 4.69) is 25.4 Å². The van der Waals surface area contributed by atoms with E-state index in [9.17, 15) is 4.79 Å². The molecule has 0 unspecified atom stereocenters. The third-order valence-corrected chi connectivity index (χ3v) is 3.34. The molecule has 23 heavy (non-hydrogen) atoms. The summed E-state index contributed by atoms with van der Waals surface area (Å²) in [6.07, 6.45) is 3.14. The molecule has 0 fully saturated rings. The number of aryl methyl sites for hydroxylation is 1. The van der Waals surface area contributed by atoms with Crippen molar-refractivity contribution in [3.63, 3.8) is 0 Å². The molecule has 8 nitrogen and oxygen atoms in total. The second-order valence-electron chi connectivity index (χ2n) is 4.82. The van der Waals surface area contributed by atoms with Gasteiger partial charge >= 0.3 is 0 Å². The largest absolute Gasteiger partial charge is 0.494 e. The lowest BCUT2D eigenvalue weighted by atomic mass is 10.3. The number of nitrogens with zero attached hydrogens (tertiary/aromatic N) is 4. The predicted octanol–water partition coefficient (Wildman–Crippen LogP) is 1.50. The van der Waals surface area contributed by atoms with Crippen LogP contribution in [0.3, 0.4) is 0 Å². The zero-order valence-electron chi connectivity index (χ0n) is 12.7. The van der Waals surface area contributed by atoms with Crippen LogP contribution in [0.2, 0.25) is 0 Å². The highest BCUT2D eigenvalue weighted by Crippen LogP contribution is 2.21. The van der Waals surface area contributed by atoms with Crippen molar-refractivity contribution in [1.29, 1.82) is 0 Å². The van der Waals surface area contributed by atoms with Crippen molar-refractivity contribution >= 4 is 5.91 Å². The maximum absolute atomic E-state index is 12.2. The summed E-state index contributed by atoms with van der Waals surface area (Å²) in [5, 5.41) is 14.3. The molecule has 3 rings (SSSR count). The van der Waals surface area contributed by atoms with Crippen LogP contribution >= 0.6 is 0 Å². The second kappa shape index (κ2) is 6.30. The Morgan fingerprint density at radius 1 is 1.35 bits per heavy atom. The number of para-hydroxylation sites is 2. The van der Waals surface area contributed by atoms with Crippen molar-refractivity contribution in [3.05, 3.63) is 53.6 Å². The summed E-state index contributed by atoms with van der Waals surface area (Å²) in [5.74, 6) is 0.417. The van der Waals surface area contributed by atoms with E-state index in [-0.39, 0.29) is 12.5 Å². The van der Waals surface area contributed by atoms with Crippen molar-refractivity contribution in [2.45, 2.75) is 13.5 Å². The number of benzene rings is 1. The van der Waals surface area contributed by atoms with Gasteiger partial charge in [0.2, 0.25) is 0 Å². The first-order valence-electron chi connectivity index (χ1n) is 6.93. The number of aromatic nitrogens is 4. The zero-order chi connectivity index (χ0) is 16.2. The molecular formula is C15H15N5O3. The summed E-state index contributed by atoms with van der Waals surface area (Å²) in [6, 6.07) is 7.43. The van der Waals surface area contributed by atoms with Gasteiger partial charge in [-0.15, -0.1) is 0 Å². The monoisotopic (exact) mass is 313 g/mol. The number of carbonyl (C=O) groups excluding carboxylic acids is 1. The molecule has 0 aliphatic rings. The Hall–Kier alpha value is -3.16. The summed E-state index contributed by atoms with van der Waals surface area (Å²) in [7, 11) is 1.59. The van der Waals surface area contributed by atoms with E-state index in [1.165, 1.54) is 6.20 Å². The van der Waals surface area contributed by atoms with Crippen LogP contribution in [0.25, 0.3) is 5.69 Å². The summed E-state index contributed by atoms with van der Waals surface area (Å²) >= 11 is 0. The van der Waals surface area contributed by atoms with Gasteiger partial charge in [-0.2, -0.15) is 5.10 Å². The lowest BCUT2D eigenvalue weighted by Gasteiger charge is -2.07. The van der Waals surface area contributed by atoms with Crippen LogP contribution in [0.1, 0.15) is 21.7 Å². The Balaban J connectivity index is 1.74. The second-order valence-corrected chi connectivity index (χ2v) is 4.82. The lowest BCUT2D eigenvalue weighted by Crippen LogP contribution is -2.23. The average molecular weight is 313 g/mol. The molecule has 2 heterocycles. The van der Waals surface area contributed by atoms with Gasteiger partial charge in [-0.25, -0.2) is 9.31 Å². The highest BCUT2D eigenvalue weighted by molar-refractivity contribution is 5.93. The van der Waals surface area contributed by atoms with Gasteiger partial charge in [0.1, 0.15) is 22.8 Å². The van der Waals surface area contributed by atoms with E-state index in [0.29, 0.717) is 22.7 Å². The first-order valence-corrected chi connectivity index (χ1v) is 6.93. The van der Waals surface area contributed by atoms with Gasteiger partial charge in [0.25, 0.3) is 5.91 Å². The number of rotatable bonds is 5. The summed E-state index contributed by atoms with van der Waals surface area (Å²) in [4.78, 5) is 12.2. The van der Waals surface area contributed by atoms with Gasteiger partial charge < -0.3 is 10.1 Å². The molecule has 2 aromatic heterocycles. The van der Waals surface area contributed by atoms with Crippen molar-refractivity contribution < 1.29 is 14.2 Å². The Labute approximate surface area is 132 Å². The van der Waals surface area contributed by atoms with Gasteiger partial charge in [0.05, 0.1) is 25.4 Å². The fourth-order valence-corrected chi connectivity index (χ4v) is 2.07. The van der Waals surface area contributed by atoms with Gasteiger partial charge in [0.15, 0.2) is 0 Å². The fraction of sp³-hybridized carbons (Fsp3) is 0.200. The molecule has 0 bridgehead atoms. The Bertz CT molecular complexity index is 824. The van der Waals surface area contributed by atoms with E-state index in [1.807, 2.05) is 24.3 Å². The van der Waals surface area contributed by atoms with Crippen LogP contribution in [0, 0.1) is 6.92 Å². The first-order chi connectivity index (χ1) is 11.2. The van der Waals surface area contributed by atoms with E-state index in [4.69, 9.17) is 4.74 Å². The highest BCUT2D eigenvalue weighted by atomic mass is 16.6. The molecule has 0 aliphatic carbocycles. The number of amides is 1. The Morgan fingerprint density at radius 3 is 2.91 bits per heavy atom. The molecule has 0 saturated heterocycles. The fourth-order valence-electron chi connectivity index (χ4n) is 2.07. The predicted molar refractivity (Wildman–Crippen MR) is 80.3 cm³/mol. The maximum Gasteiger partial charge on any atom is 0.254 e. The molecular weight excluding hydrogens is 298 g/mol. The summed E-state index contributed by atoms with van der Waals surface area (Å²) in [6.45, 7) is 2.01. The zero-order valence-corrected chi connectivity index (χ0v) is 12.7. The first kappa shape index (κ1) is 14.8. The minimum Gasteiger partial charge on any atom is -0.494 e. The number of methoxy groups -OCH3 is 1. The number of ether oxygens (including phenoxy) is 1. The van der Waals surface area contributed by atoms with Crippen LogP contribution in [-0.2, 0) is 6.54 Å². The average Bonchev–Trinajstić information content (AvgIpc) is 3.22. The van der Waals surface area contributed by atoms with E-state index in [0.717, 1.165) is 5.69 Å². The quantitative estimate of drug-likeness (QED) is 0.767. The molecule has 0 atom stereocenters. The highest BCUT2D eigenvalue weighted by Gasteiger charge is 2.13. The van der Waals surface area contributed by atoms with E-state index >= 15 is 0 Å². The van der Waals surface area contributed by atoms with E-state index in [1.54, 1.807) is 24.9 Å². The van der Waals surface area contributed by atoms with Gasteiger partial charge in [-0.3, -0.25) is 4.79 Å². The van der Waals surface area contributed by atoms with Crippen LogP contribution in [-0.4, -0.2) is 33.1 Å². The number of hydrogen-bond donors (Lipinski definition) is 1. The van der Waals surface area contributed by atoms with Crippen LogP contribution in [0.5, 0.6) is 5.75 Å². The minimum atomic E-state index is -0.256. The van der Waals surface area contributed by atoms with E-state index < -0.39 is 0 Å². The van der Waals surface area contributed by atoms with Gasteiger partial charge in [0, 0.05) is 6.20 Å². The van der Waals surface area contributed by atoms with Crippen LogP contribution in [0.15, 0.2) is 41.3 Å². The van der Waals surface area contributed by atoms with Crippen molar-refractivity contribution in [2.24, 2.45) is 0 Å². The minimum absolute atomic E-state index is 0.244. The third-order valence-electron chi connectivity index (χ3n) is 3.34. The molecule has 0 spiro atoms. The normalized spacial score (nSPS) is 10.5. The number of hydrogen-bond acceptors (Lipinski definition) is 6. The smallest absolute Gasteiger partial charge is 0.254 e. The standard InChI is InChI=1S/C15H15N5O3/c1-10-12(19-23-18-10)8-16-15(21)11-7-17-20(9-11)13-5-3-4-6-14(13)22-2/h3-7,9H,8H2,1-2H3,(H,16,21). The molecule has 0 radical (unpaired) electrons. The maximum atomic E-state index is 12.2. The molecule has 0 saturated carbocycles. The number of nitrogens with one attached hydrogen (secondary N) is 1. The van der Waals surface area contributed by atoms with Crippen molar-refractivity contribution in [3.8, 4) is 11.4 Å². The molecule has 3 aromatic rings. The topological polar surface area (TPSA) is 95.1 Å². The summed E-state index contributed by atoms with van der Waals surface area (Å²) < 4.78 is 11.5. The Morgan fingerprint density at radius 2 is 2.17 bits per heavy atom. The molecule has 1 N–H and O–H groups in total. The lowest BCUT2D eigenvalue weighted by molar-refractivity contribution is 0.0950. The Kier molecular flexibility index (Phi) is 4.05. The molecule has 1 aromatic carbocycles. The molecule has 1 amide bonds. The molecule has 8 heteroatoms. The van der Waals surface area contributed by atoms with Crippen LogP contribution in [0.4, 0.5) is 0 Å². The SMILES string of the molecule is COc1ccccc1-n1cc(C(=O)NCc2nonc2C)cn1. The van der Waals surface area contributed by atoms with Crippen molar-refractivity contribution in [2.75, 3.05) is 7.11 Å². The third kappa shape index (κ3) is 3.05. The van der Waals surface area contributed by atoms with Gasteiger partial charge in [-0.05, 0) is 19.1 Å². The van der Waals surface area contributed by atoms with Gasteiger partial charge in [-0.1, -0.05) is 22.4 Å². The van der Waals surface area contributed by atoms with Crippen LogP contribution < -0.4 is 10.1 Å². The van der Waals surface area contributed by atoms with Crippen molar-refractivity contribution in [1.82, 2.24) is 25.4 Å². The molecule has 0 aliphatic heterocycles. The molecule has 118 valence electrons. The number of carbonyl (C=O) groups is 1. The summed E-state index contributed by atoms with van der Waals surface area (Å²) in [5.41, 5.74) is 2.43.